The van der Waals surface area contributed by atoms with E-state index >= 15 is 0 Å². The minimum atomic E-state index is -0.183. The van der Waals surface area contributed by atoms with Crippen LogP contribution in [-0.2, 0) is 13.2 Å². The molecule has 0 saturated carbocycles. The highest BCUT2D eigenvalue weighted by atomic mass is 16.5. The summed E-state index contributed by atoms with van der Waals surface area (Å²) in [4.78, 5) is 12.9. The molecule has 0 atom stereocenters. The fourth-order valence-electron chi connectivity index (χ4n) is 3.63. The summed E-state index contributed by atoms with van der Waals surface area (Å²) in [5.41, 5.74) is 4.35. The molecule has 34 heavy (non-hydrogen) atoms. The number of carbonyl (C=O) groups excluding carboxylic acids is 1. The third kappa shape index (κ3) is 6.04. The summed E-state index contributed by atoms with van der Waals surface area (Å²) in [6, 6.07) is 33.0. The van der Waals surface area contributed by atoms with Crippen LogP contribution >= 0.6 is 0 Å². The van der Waals surface area contributed by atoms with Crippen LogP contribution in [0.15, 0.2) is 103 Å². The smallest absolute Gasteiger partial charge is 0.255 e. The van der Waals surface area contributed by atoms with E-state index in [4.69, 9.17) is 9.47 Å². The maximum absolute atomic E-state index is 12.9. The van der Waals surface area contributed by atoms with E-state index in [1.165, 1.54) is 0 Å². The molecule has 0 aliphatic rings. The van der Waals surface area contributed by atoms with E-state index in [9.17, 15) is 4.79 Å². The third-order valence-electron chi connectivity index (χ3n) is 5.49. The van der Waals surface area contributed by atoms with Gasteiger partial charge in [-0.2, -0.15) is 0 Å². The predicted molar refractivity (Wildman–Crippen MR) is 136 cm³/mol. The minimum Gasteiger partial charge on any atom is -0.488 e. The Morgan fingerprint density at radius 1 is 0.706 bits per heavy atom. The second-order valence-electron chi connectivity index (χ2n) is 8.41. The molecule has 4 aromatic carbocycles. The standard InChI is InChI=1S/C30H29NO3/c1-22(2)26-18-27(31-30(32)25-16-10-5-11-17-25)29(34-21-24-14-8-4-9-15-24)19-28(26)33-20-23-12-6-3-7-13-23/h3-19,22H,20-21H2,1-2H3,(H,31,32). The average molecular weight is 452 g/mol. The number of anilines is 1. The second kappa shape index (κ2) is 11.2. The average Bonchev–Trinajstić information content (AvgIpc) is 2.88. The molecule has 0 saturated heterocycles. The lowest BCUT2D eigenvalue weighted by Crippen LogP contribution is -2.14. The summed E-state index contributed by atoms with van der Waals surface area (Å²) in [6.07, 6.45) is 0. The van der Waals surface area contributed by atoms with E-state index in [2.05, 4.69) is 19.2 Å². The van der Waals surface area contributed by atoms with E-state index in [0.717, 1.165) is 22.4 Å². The van der Waals surface area contributed by atoms with Crippen LogP contribution in [0.5, 0.6) is 11.5 Å². The first-order valence-electron chi connectivity index (χ1n) is 11.5. The van der Waals surface area contributed by atoms with E-state index < -0.39 is 0 Å². The Morgan fingerprint density at radius 3 is 1.74 bits per heavy atom. The topological polar surface area (TPSA) is 47.6 Å². The van der Waals surface area contributed by atoms with Gasteiger partial charge < -0.3 is 14.8 Å². The molecule has 4 aromatic rings. The van der Waals surface area contributed by atoms with Gasteiger partial charge in [-0.05, 0) is 40.8 Å². The van der Waals surface area contributed by atoms with Crippen molar-refractivity contribution in [3.63, 3.8) is 0 Å². The van der Waals surface area contributed by atoms with Crippen molar-refractivity contribution in [3.05, 3.63) is 125 Å². The Balaban J connectivity index is 1.65. The summed E-state index contributed by atoms with van der Waals surface area (Å²) in [6.45, 7) is 5.05. The van der Waals surface area contributed by atoms with E-state index in [0.29, 0.717) is 30.2 Å². The zero-order chi connectivity index (χ0) is 23.8. The van der Waals surface area contributed by atoms with Crippen LogP contribution in [0.1, 0.15) is 46.8 Å². The predicted octanol–water partition coefficient (Wildman–Crippen LogP) is 7.22. The Kier molecular flexibility index (Phi) is 7.61. The summed E-state index contributed by atoms with van der Waals surface area (Å²) in [5.74, 6) is 1.33. The SMILES string of the molecule is CC(C)c1cc(NC(=O)c2ccccc2)c(OCc2ccccc2)cc1OCc1ccccc1. The van der Waals surface area contributed by atoms with Crippen molar-refractivity contribution >= 4 is 11.6 Å². The molecule has 4 rings (SSSR count). The molecular formula is C30H29NO3. The van der Waals surface area contributed by atoms with Crippen LogP contribution in [0.4, 0.5) is 5.69 Å². The molecule has 172 valence electrons. The molecule has 0 unspecified atom stereocenters. The van der Waals surface area contributed by atoms with Gasteiger partial charge in [-0.3, -0.25) is 4.79 Å². The quantitative estimate of drug-likeness (QED) is 0.292. The Hall–Kier alpha value is -4.05. The van der Waals surface area contributed by atoms with Crippen LogP contribution in [-0.4, -0.2) is 5.91 Å². The molecule has 1 amide bonds. The molecule has 0 aromatic heterocycles. The van der Waals surface area contributed by atoms with Gasteiger partial charge in [0, 0.05) is 11.6 Å². The number of amides is 1. The minimum absolute atomic E-state index is 0.183. The van der Waals surface area contributed by atoms with Gasteiger partial charge in [-0.1, -0.05) is 92.7 Å². The fourth-order valence-corrected chi connectivity index (χ4v) is 3.63. The van der Waals surface area contributed by atoms with Gasteiger partial charge in [0.1, 0.15) is 24.7 Å². The van der Waals surface area contributed by atoms with Crippen LogP contribution < -0.4 is 14.8 Å². The van der Waals surface area contributed by atoms with Gasteiger partial charge >= 0.3 is 0 Å². The molecule has 0 aliphatic heterocycles. The highest BCUT2D eigenvalue weighted by molar-refractivity contribution is 6.05. The second-order valence-corrected chi connectivity index (χ2v) is 8.41. The zero-order valence-electron chi connectivity index (χ0n) is 19.5. The molecule has 4 nitrogen and oxygen atoms in total. The summed E-state index contributed by atoms with van der Waals surface area (Å²) >= 11 is 0. The maximum atomic E-state index is 12.9. The number of carbonyl (C=O) groups is 1. The maximum Gasteiger partial charge on any atom is 0.255 e. The van der Waals surface area contributed by atoms with Crippen molar-refractivity contribution in [1.29, 1.82) is 0 Å². The first-order chi connectivity index (χ1) is 16.6. The number of nitrogens with one attached hydrogen (secondary N) is 1. The highest BCUT2D eigenvalue weighted by Crippen LogP contribution is 2.38. The number of hydrogen-bond acceptors (Lipinski definition) is 3. The lowest BCUT2D eigenvalue weighted by Gasteiger charge is -2.20. The lowest BCUT2D eigenvalue weighted by molar-refractivity contribution is 0.102. The molecule has 0 bridgehead atoms. The molecule has 0 aliphatic carbocycles. The van der Waals surface area contributed by atoms with E-state index in [-0.39, 0.29) is 11.8 Å². The summed E-state index contributed by atoms with van der Waals surface area (Å²) in [5, 5.41) is 3.04. The molecule has 0 heterocycles. The van der Waals surface area contributed by atoms with Crippen molar-refractivity contribution in [2.75, 3.05) is 5.32 Å². The van der Waals surface area contributed by atoms with Gasteiger partial charge in [0.2, 0.25) is 0 Å². The van der Waals surface area contributed by atoms with Crippen LogP contribution in [0.2, 0.25) is 0 Å². The van der Waals surface area contributed by atoms with Crippen molar-refractivity contribution in [2.45, 2.75) is 33.0 Å². The third-order valence-corrected chi connectivity index (χ3v) is 5.49. The van der Waals surface area contributed by atoms with Gasteiger partial charge in [0.25, 0.3) is 5.91 Å². The molecule has 0 radical (unpaired) electrons. The first kappa shape index (κ1) is 23.1. The van der Waals surface area contributed by atoms with Gasteiger partial charge in [-0.25, -0.2) is 0 Å². The summed E-state index contributed by atoms with van der Waals surface area (Å²) in [7, 11) is 0. The molecule has 4 heteroatoms. The van der Waals surface area contributed by atoms with Gasteiger partial charge in [-0.15, -0.1) is 0 Å². The Bertz CT molecular complexity index is 1210. The van der Waals surface area contributed by atoms with Crippen LogP contribution in [0.25, 0.3) is 0 Å². The van der Waals surface area contributed by atoms with Crippen molar-refractivity contribution < 1.29 is 14.3 Å². The van der Waals surface area contributed by atoms with Gasteiger partial charge in [0.15, 0.2) is 0 Å². The molecule has 0 spiro atoms. The highest BCUT2D eigenvalue weighted by Gasteiger charge is 2.17. The summed E-state index contributed by atoms with van der Waals surface area (Å²) < 4.78 is 12.4. The monoisotopic (exact) mass is 451 g/mol. The molecular weight excluding hydrogens is 422 g/mol. The van der Waals surface area contributed by atoms with E-state index in [1.54, 1.807) is 12.1 Å². The van der Waals surface area contributed by atoms with E-state index in [1.807, 2.05) is 91.0 Å². The number of hydrogen-bond donors (Lipinski definition) is 1. The Morgan fingerprint density at radius 2 is 1.21 bits per heavy atom. The van der Waals surface area contributed by atoms with Gasteiger partial charge in [0.05, 0.1) is 5.69 Å². The van der Waals surface area contributed by atoms with Crippen LogP contribution in [0, 0.1) is 0 Å². The van der Waals surface area contributed by atoms with Crippen molar-refractivity contribution in [1.82, 2.24) is 0 Å². The van der Waals surface area contributed by atoms with Crippen LogP contribution in [0.3, 0.4) is 0 Å². The normalized spacial score (nSPS) is 10.7. The van der Waals surface area contributed by atoms with Crippen molar-refractivity contribution in [3.8, 4) is 11.5 Å². The fraction of sp³-hybridized carbons (Fsp3) is 0.167. The number of rotatable bonds is 9. The molecule has 1 N–H and O–H groups in total. The Labute approximate surface area is 201 Å². The zero-order valence-corrected chi connectivity index (χ0v) is 19.5. The lowest BCUT2D eigenvalue weighted by atomic mass is 10.0. The first-order valence-corrected chi connectivity index (χ1v) is 11.5. The number of benzene rings is 4. The van der Waals surface area contributed by atoms with Crippen molar-refractivity contribution in [2.24, 2.45) is 0 Å². The number of ether oxygens (including phenoxy) is 2. The largest absolute Gasteiger partial charge is 0.488 e. The molecule has 0 fully saturated rings.